The lowest BCUT2D eigenvalue weighted by Crippen LogP contribution is -2.44. The molecule has 0 saturated heterocycles. The quantitative estimate of drug-likeness (QED) is 0.258. The molecule has 0 unspecified atom stereocenters. The molecule has 0 saturated carbocycles. The fraction of sp³-hybridized carbons (Fsp3) is 0.375. The molecule has 9 heteroatoms. The Morgan fingerprint density at radius 2 is 1.88 bits per heavy atom. The highest BCUT2D eigenvalue weighted by Crippen LogP contribution is 2.37. The van der Waals surface area contributed by atoms with Crippen LogP contribution < -0.4 is 0 Å². The summed E-state index contributed by atoms with van der Waals surface area (Å²) < 4.78 is 10.9. The Hall–Kier alpha value is -2.70. The van der Waals surface area contributed by atoms with E-state index in [9.17, 15) is 9.59 Å². The number of carbonyl (C=O) groups is 2. The highest BCUT2D eigenvalue weighted by atomic mass is 35.5. The van der Waals surface area contributed by atoms with Gasteiger partial charge in [0.15, 0.2) is 0 Å². The largest absolute Gasteiger partial charge is 0.468 e. The zero-order valence-electron chi connectivity index (χ0n) is 14.0. The maximum absolute atomic E-state index is 12.5. The minimum absolute atomic E-state index is 0.146. The van der Waals surface area contributed by atoms with Gasteiger partial charge in [0.2, 0.25) is 5.41 Å². The summed E-state index contributed by atoms with van der Waals surface area (Å²) in [5.41, 5.74) is 8.23. The molecule has 8 nitrogen and oxygen atoms in total. The fourth-order valence-electron chi connectivity index (χ4n) is 2.91. The first-order chi connectivity index (χ1) is 11.9. The van der Waals surface area contributed by atoms with Crippen LogP contribution in [0.2, 0.25) is 0 Å². The molecule has 1 aromatic carbocycles. The first-order valence-corrected chi connectivity index (χ1v) is 7.73. The summed E-state index contributed by atoms with van der Waals surface area (Å²) in [5.74, 6) is -1.59. The summed E-state index contributed by atoms with van der Waals surface area (Å²) in [5, 5.41) is 4.28. The molecule has 25 heavy (non-hydrogen) atoms. The van der Waals surface area contributed by atoms with Crippen molar-refractivity contribution in [2.75, 3.05) is 20.8 Å². The predicted octanol–water partition coefficient (Wildman–Crippen LogP) is 3.10. The number of hydrogen-bond donors (Lipinski definition) is 0. The smallest absolute Gasteiger partial charge is 0.329 e. The van der Waals surface area contributed by atoms with Gasteiger partial charge in [-0.15, -0.1) is 0 Å². The van der Waals surface area contributed by atoms with Crippen LogP contribution in [0.25, 0.3) is 21.3 Å². The molecule has 0 spiro atoms. The van der Waals surface area contributed by atoms with Crippen molar-refractivity contribution >= 4 is 34.6 Å². The lowest BCUT2D eigenvalue weighted by Gasteiger charge is -2.25. The van der Waals surface area contributed by atoms with Gasteiger partial charge in [0.05, 0.1) is 25.4 Å². The summed E-state index contributed by atoms with van der Waals surface area (Å²) in [6.45, 7) is 1.54. The van der Waals surface area contributed by atoms with E-state index >= 15 is 0 Å². The van der Waals surface area contributed by atoms with Crippen molar-refractivity contribution in [1.82, 2.24) is 4.09 Å². The Kier molecular flexibility index (Phi) is 5.56. The highest BCUT2D eigenvalue weighted by Gasteiger charge is 2.49. The summed E-state index contributed by atoms with van der Waals surface area (Å²) in [6, 6.07) is 7.18. The second kappa shape index (κ2) is 7.46. The lowest BCUT2D eigenvalue weighted by atomic mass is 9.83. The molecule has 0 N–H and O–H groups in total. The van der Waals surface area contributed by atoms with Gasteiger partial charge in [-0.1, -0.05) is 23.3 Å². The molecule has 2 aromatic rings. The van der Waals surface area contributed by atoms with Crippen molar-refractivity contribution in [3.63, 3.8) is 0 Å². The molecule has 1 heterocycles. The first kappa shape index (κ1) is 18.6. The number of esters is 2. The van der Waals surface area contributed by atoms with Gasteiger partial charge < -0.3 is 9.47 Å². The minimum atomic E-state index is -1.77. The summed E-state index contributed by atoms with van der Waals surface area (Å²) in [6.07, 6.45) is 0.295. The van der Waals surface area contributed by atoms with Crippen molar-refractivity contribution in [3.8, 4) is 0 Å². The van der Waals surface area contributed by atoms with Crippen molar-refractivity contribution in [2.24, 2.45) is 5.11 Å². The van der Waals surface area contributed by atoms with Crippen molar-refractivity contribution in [2.45, 2.75) is 18.8 Å². The van der Waals surface area contributed by atoms with Gasteiger partial charge in [-0.3, -0.25) is 13.7 Å². The summed E-state index contributed by atoms with van der Waals surface area (Å²) in [4.78, 5) is 27.7. The molecule has 0 aliphatic heterocycles. The number of nitrogens with zero attached hydrogens (tertiary/aromatic N) is 4. The Morgan fingerprint density at radius 1 is 1.28 bits per heavy atom. The third-order valence-corrected chi connectivity index (χ3v) is 4.46. The van der Waals surface area contributed by atoms with E-state index < -0.39 is 17.4 Å². The number of carbonyl (C=O) groups excluding carboxylic acids is 2. The Balaban J connectivity index is 2.82. The van der Waals surface area contributed by atoms with Crippen LogP contribution in [0.1, 0.15) is 18.2 Å². The third kappa shape index (κ3) is 3.01. The topological polar surface area (TPSA) is 106 Å². The van der Waals surface area contributed by atoms with Gasteiger partial charge in [-0.05, 0) is 30.5 Å². The van der Waals surface area contributed by atoms with E-state index in [1.807, 2.05) is 12.1 Å². The van der Waals surface area contributed by atoms with Crippen LogP contribution in [0, 0.1) is 0 Å². The number of rotatable bonds is 6. The molecule has 0 fully saturated rings. The number of hydrogen-bond acceptors (Lipinski definition) is 5. The maximum Gasteiger partial charge on any atom is 0.329 e. The summed E-state index contributed by atoms with van der Waals surface area (Å²) >= 11 is 6.46. The van der Waals surface area contributed by atoms with Crippen LogP contribution in [0.15, 0.2) is 29.4 Å². The molecular formula is C16H17ClN4O4. The molecule has 0 atom stereocenters. The van der Waals surface area contributed by atoms with E-state index in [-0.39, 0.29) is 12.2 Å². The standard InChI is InChI=1S/C16H17ClN4O4/c1-16(14(22)24-2,15(23)25-3)13-11(8-9-19-20-18)10-6-4-5-7-12(10)21(13)17/h4-7H,8-9H2,1-3H3. The third-order valence-electron chi connectivity index (χ3n) is 4.11. The van der Waals surface area contributed by atoms with E-state index in [4.69, 9.17) is 26.8 Å². The molecule has 0 radical (unpaired) electrons. The molecule has 0 aliphatic rings. The minimum Gasteiger partial charge on any atom is -0.468 e. The van der Waals surface area contributed by atoms with Gasteiger partial charge in [0.1, 0.15) is 0 Å². The Bertz CT molecular complexity index is 854. The Morgan fingerprint density at radius 3 is 2.44 bits per heavy atom. The van der Waals surface area contributed by atoms with Crippen LogP contribution in [-0.4, -0.2) is 36.8 Å². The van der Waals surface area contributed by atoms with Crippen LogP contribution in [-0.2, 0) is 30.9 Å². The average Bonchev–Trinajstić information content (AvgIpc) is 2.92. The van der Waals surface area contributed by atoms with Crippen molar-refractivity contribution in [1.29, 1.82) is 0 Å². The monoisotopic (exact) mass is 364 g/mol. The van der Waals surface area contributed by atoms with Crippen LogP contribution in [0.5, 0.6) is 0 Å². The number of ether oxygens (including phenoxy) is 2. The number of benzene rings is 1. The average molecular weight is 365 g/mol. The summed E-state index contributed by atoms with van der Waals surface area (Å²) in [7, 11) is 2.37. The zero-order valence-corrected chi connectivity index (χ0v) is 14.8. The van der Waals surface area contributed by atoms with Gasteiger partial charge in [0, 0.05) is 28.6 Å². The number of fused-ring (bicyclic) bond motifs is 1. The second-order valence-electron chi connectivity index (χ2n) is 5.44. The molecule has 2 rings (SSSR count). The molecule has 0 aliphatic carbocycles. The van der Waals surface area contributed by atoms with E-state index in [1.165, 1.54) is 25.2 Å². The molecule has 1 aromatic heterocycles. The molecule has 0 amide bonds. The normalized spacial score (nSPS) is 11.0. The number of halogens is 1. The molecular weight excluding hydrogens is 348 g/mol. The van der Waals surface area contributed by atoms with Gasteiger partial charge in [-0.25, -0.2) is 0 Å². The maximum atomic E-state index is 12.5. The number of para-hydroxylation sites is 1. The van der Waals surface area contributed by atoms with E-state index in [0.29, 0.717) is 17.5 Å². The van der Waals surface area contributed by atoms with E-state index in [0.717, 1.165) is 5.39 Å². The predicted molar refractivity (Wildman–Crippen MR) is 92.3 cm³/mol. The molecule has 0 bridgehead atoms. The number of azide groups is 1. The SMILES string of the molecule is COC(=O)C(C)(C(=O)OC)c1c(CCN=[N+]=[N-])c2ccccc2n1Cl. The molecule has 132 valence electrons. The second-order valence-corrected chi connectivity index (χ2v) is 5.78. The van der Waals surface area contributed by atoms with Gasteiger partial charge in [-0.2, -0.15) is 0 Å². The van der Waals surface area contributed by atoms with Gasteiger partial charge >= 0.3 is 11.9 Å². The fourth-order valence-corrected chi connectivity index (χ4v) is 3.33. The number of methoxy groups -OCH3 is 2. The van der Waals surface area contributed by atoms with Crippen LogP contribution >= 0.6 is 11.8 Å². The van der Waals surface area contributed by atoms with Crippen molar-refractivity contribution < 1.29 is 19.1 Å². The zero-order chi connectivity index (χ0) is 18.6. The lowest BCUT2D eigenvalue weighted by molar-refractivity contribution is -0.161. The number of aromatic nitrogens is 1. The van der Waals surface area contributed by atoms with Crippen molar-refractivity contribution in [3.05, 3.63) is 46.0 Å². The van der Waals surface area contributed by atoms with Gasteiger partial charge in [0.25, 0.3) is 0 Å². The first-order valence-electron chi connectivity index (χ1n) is 7.40. The highest BCUT2D eigenvalue weighted by molar-refractivity contribution is 6.22. The van der Waals surface area contributed by atoms with Crippen LogP contribution in [0.4, 0.5) is 0 Å². The van der Waals surface area contributed by atoms with Crippen LogP contribution in [0.3, 0.4) is 0 Å². The van der Waals surface area contributed by atoms with E-state index in [2.05, 4.69) is 10.0 Å². The Labute approximate surface area is 149 Å². The van der Waals surface area contributed by atoms with E-state index in [1.54, 1.807) is 12.1 Å².